The summed E-state index contributed by atoms with van der Waals surface area (Å²) in [6.45, 7) is 0.560. The van der Waals surface area contributed by atoms with Gasteiger partial charge in [-0.25, -0.2) is 0 Å². The van der Waals surface area contributed by atoms with Crippen molar-refractivity contribution in [3.63, 3.8) is 0 Å². The second-order valence-corrected chi connectivity index (χ2v) is 5.90. The van der Waals surface area contributed by atoms with Gasteiger partial charge in [-0.1, -0.05) is 30.3 Å². The molecule has 0 aromatic heterocycles. The fourth-order valence-corrected chi connectivity index (χ4v) is 2.49. The molecule has 0 fully saturated rings. The van der Waals surface area contributed by atoms with Crippen molar-refractivity contribution in [2.45, 2.75) is 12.7 Å². The smallest absolute Gasteiger partial charge is 0.416 e. The minimum Gasteiger partial charge on any atom is -0.450 e. The SMILES string of the molecule is O=[N+]([O-])c1cc(C(F)(F)F)ccc1Oc1ccc(CNc2ccccc2)cc1. The lowest BCUT2D eigenvalue weighted by atomic mass is 10.1. The predicted octanol–water partition coefficient (Wildman–Crippen LogP) is 6.02. The molecule has 0 heterocycles. The molecule has 0 radical (unpaired) electrons. The average molecular weight is 388 g/mol. The number of halogens is 3. The molecular formula is C20H15F3N2O3. The van der Waals surface area contributed by atoms with Crippen LogP contribution in [0.1, 0.15) is 11.1 Å². The molecule has 0 unspecified atom stereocenters. The number of alkyl halides is 3. The van der Waals surface area contributed by atoms with Gasteiger partial charge in [0.2, 0.25) is 5.75 Å². The summed E-state index contributed by atoms with van der Waals surface area (Å²) in [5, 5.41) is 14.4. The van der Waals surface area contributed by atoms with Crippen LogP contribution < -0.4 is 10.1 Å². The van der Waals surface area contributed by atoms with Gasteiger partial charge in [0.05, 0.1) is 10.5 Å². The lowest BCUT2D eigenvalue weighted by Gasteiger charge is -2.11. The van der Waals surface area contributed by atoms with E-state index >= 15 is 0 Å². The van der Waals surface area contributed by atoms with Crippen LogP contribution in [0.4, 0.5) is 24.5 Å². The van der Waals surface area contributed by atoms with E-state index in [9.17, 15) is 23.3 Å². The number of hydrogen-bond acceptors (Lipinski definition) is 4. The Hall–Kier alpha value is -3.55. The molecule has 0 aliphatic carbocycles. The quantitative estimate of drug-likeness (QED) is 0.414. The van der Waals surface area contributed by atoms with Crippen molar-refractivity contribution in [2.75, 3.05) is 5.32 Å². The summed E-state index contributed by atoms with van der Waals surface area (Å²) in [5.41, 5.74) is 0.0554. The van der Waals surface area contributed by atoms with Gasteiger partial charge in [-0.2, -0.15) is 13.2 Å². The molecule has 3 aromatic carbocycles. The summed E-state index contributed by atoms with van der Waals surface area (Å²) in [6, 6.07) is 18.5. The molecular weight excluding hydrogens is 373 g/mol. The molecule has 0 saturated heterocycles. The Kier molecular flexibility index (Phi) is 5.49. The molecule has 3 aromatic rings. The van der Waals surface area contributed by atoms with Crippen molar-refractivity contribution in [1.29, 1.82) is 0 Å². The summed E-state index contributed by atoms with van der Waals surface area (Å²) < 4.78 is 43.7. The van der Waals surface area contributed by atoms with Crippen LogP contribution in [0.5, 0.6) is 11.5 Å². The van der Waals surface area contributed by atoms with Crippen molar-refractivity contribution in [3.05, 3.63) is 94.0 Å². The number of nitro benzene ring substituents is 1. The topological polar surface area (TPSA) is 64.4 Å². The van der Waals surface area contributed by atoms with E-state index in [0.29, 0.717) is 12.6 Å². The van der Waals surface area contributed by atoms with Gasteiger partial charge in [-0.05, 0) is 42.0 Å². The Morgan fingerprint density at radius 1 is 0.964 bits per heavy atom. The molecule has 5 nitrogen and oxygen atoms in total. The highest BCUT2D eigenvalue weighted by molar-refractivity contribution is 5.51. The van der Waals surface area contributed by atoms with Crippen molar-refractivity contribution in [1.82, 2.24) is 0 Å². The number of anilines is 1. The van der Waals surface area contributed by atoms with Crippen LogP contribution in [0.3, 0.4) is 0 Å². The van der Waals surface area contributed by atoms with E-state index in [2.05, 4.69) is 5.32 Å². The number of nitrogens with one attached hydrogen (secondary N) is 1. The first-order chi connectivity index (χ1) is 13.3. The molecule has 0 bridgehead atoms. The standard InChI is InChI=1S/C20H15F3N2O3/c21-20(22,23)15-8-11-19(18(12-15)25(26)27)28-17-9-6-14(7-10-17)13-24-16-4-2-1-3-5-16/h1-12,24H,13H2. The molecule has 1 N–H and O–H groups in total. The van der Waals surface area contributed by atoms with Gasteiger partial charge in [0.1, 0.15) is 5.75 Å². The first-order valence-corrected chi connectivity index (χ1v) is 8.24. The summed E-state index contributed by atoms with van der Waals surface area (Å²) in [7, 11) is 0. The minimum atomic E-state index is -4.67. The molecule has 3 rings (SSSR count). The average Bonchev–Trinajstić information content (AvgIpc) is 2.67. The fraction of sp³-hybridized carbons (Fsp3) is 0.100. The van der Waals surface area contributed by atoms with E-state index in [1.165, 1.54) is 0 Å². The Morgan fingerprint density at radius 2 is 1.64 bits per heavy atom. The van der Waals surface area contributed by atoms with Gasteiger partial charge in [-0.15, -0.1) is 0 Å². The number of nitrogens with zero attached hydrogens (tertiary/aromatic N) is 1. The zero-order valence-corrected chi connectivity index (χ0v) is 14.4. The molecule has 144 valence electrons. The lowest BCUT2D eigenvalue weighted by Crippen LogP contribution is -2.06. The van der Waals surface area contributed by atoms with E-state index in [-0.39, 0.29) is 11.5 Å². The normalized spacial score (nSPS) is 11.1. The third kappa shape index (κ3) is 4.79. The van der Waals surface area contributed by atoms with E-state index in [4.69, 9.17) is 4.74 Å². The van der Waals surface area contributed by atoms with Gasteiger partial charge in [0.25, 0.3) is 0 Å². The molecule has 0 saturated carbocycles. The van der Waals surface area contributed by atoms with E-state index in [1.807, 2.05) is 30.3 Å². The Bertz CT molecular complexity index is 959. The van der Waals surface area contributed by atoms with E-state index in [0.717, 1.165) is 23.4 Å². The highest BCUT2D eigenvalue weighted by atomic mass is 19.4. The fourth-order valence-electron chi connectivity index (χ4n) is 2.49. The summed E-state index contributed by atoms with van der Waals surface area (Å²) in [4.78, 5) is 10.2. The maximum atomic E-state index is 12.8. The minimum absolute atomic E-state index is 0.256. The zero-order valence-electron chi connectivity index (χ0n) is 14.4. The maximum absolute atomic E-state index is 12.8. The third-order valence-electron chi connectivity index (χ3n) is 3.90. The second kappa shape index (κ2) is 7.99. The molecule has 0 amide bonds. The largest absolute Gasteiger partial charge is 0.450 e. The van der Waals surface area contributed by atoms with Gasteiger partial charge in [0, 0.05) is 18.3 Å². The van der Waals surface area contributed by atoms with Crippen molar-refractivity contribution in [3.8, 4) is 11.5 Å². The summed E-state index contributed by atoms with van der Waals surface area (Å²) in [6.07, 6.45) is -4.67. The predicted molar refractivity (Wildman–Crippen MR) is 98.4 cm³/mol. The molecule has 0 aliphatic heterocycles. The van der Waals surface area contributed by atoms with Gasteiger partial charge < -0.3 is 10.1 Å². The van der Waals surface area contributed by atoms with Crippen molar-refractivity contribution >= 4 is 11.4 Å². The van der Waals surface area contributed by atoms with E-state index in [1.54, 1.807) is 24.3 Å². The number of hydrogen-bond donors (Lipinski definition) is 1. The lowest BCUT2D eigenvalue weighted by molar-refractivity contribution is -0.385. The Labute approximate surface area is 158 Å². The Morgan fingerprint density at radius 3 is 2.25 bits per heavy atom. The second-order valence-electron chi connectivity index (χ2n) is 5.90. The van der Waals surface area contributed by atoms with Gasteiger partial charge >= 0.3 is 11.9 Å². The zero-order chi connectivity index (χ0) is 20.1. The van der Waals surface area contributed by atoms with Crippen LogP contribution >= 0.6 is 0 Å². The first-order valence-electron chi connectivity index (χ1n) is 8.24. The molecule has 0 spiro atoms. The third-order valence-corrected chi connectivity index (χ3v) is 3.90. The van der Waals surface area contributed by atoms with Gasteiger partial charge in [0.15, 0.2) is 0 Å². The van der Waals surface area contributed by atoms with Crippen LogP contribution in [0.2, 0.25) is 0 Å². The van der Waals surface area contributed by atoms with Crippen LogP contribution in [-0.4, -0.2) is 4.92 Å². The van der Waals surface area contributed by atoms with Crippen LogP contribution in [0.25, 0.3) is 0 Å². The first kappa shape index (κ1) is 19.2. The highest BCUT2D eigenvalue weighted by Gasteiger charge is 2.33. The van der Waals surface area contributed by atoms with Crippen LogP contribution in [0.15, 0.2) is 72.8 Å². The van der Waals surface area contributed by atoms with Crippen molar-refractivity contribution in [2.24, 2.45) is 0 Å². The number of para-hydroxylation sites is 1. The van der Waals surface area contributed by atoms with Gasteiger partial charge in [-0.3, -0.25) is 10.1 Å². The molecule has 28 heavy (non-hydrogen) atoms. The molecule has 8 heteroatoms. The van der Waals surface area contributed by atoms with Crippen LogP contribution in [0, 0.1) is 10.1 Å². The monoisotopic (exact) mass is 388 g/mol. The number of rotatable bonds is 6. The number of nitro groups is 1. The number of benzene rings is 3. The van der Waals surface area contributed by atoms with E-state index < -0.39 is 22.4 Å². The van der Waals surface area contributed by atoms with Crippen LogP contribution in [-0.2, 0) is 12.7 Å². The maximum Gasteiger partial charge on any atom is 0.416 e. The molecule has 0 atom stereocenters. The summed E-state index contributed by atoms with van der Waals surface area (Å²) in [5.74, 6) is 0.0273. The Balaban J connectivity index is 1.72. The number of ether oxygens (including phenoxy) is 1. The molecule has 0 aliphatic rings. The highest BCUT2D eigenvalue weighted by Crippen LogP contribution is 2.37. The van der Waals surface area contributed by atoms with Crippen molar-refractivity contribution < 1.29 is 22.8 Å². The summed E-state index contributed by atoms with van der Waals surface area (Å²) >= 11 is 0.